The largest absolute Gasteiger partial charge is 0.491 e. The molecular weight excluding hydrogens is 304 g/mol. The summed E-state index contributed by atoms with van der Waals surface area (Å²) in [5.41, 5.74) is 3.66. The minimum Gasteiger partial charge on any atom is -0.491 e. The number of rotatable bonds is 5. The summed E-state index contributed by atoms with van der Waals surface area (Å²) < 4.78 is 8.92. The summed E-state index contributed by atoms with van der Waals surface area (Å²) in [6.07, 6.45) is -0.770. The van der Waals surface area contributed by atoms with Crippen LogP contribution in [0.1, 0.15) is 11.1 Å². The van der Waals surface area contributed by atoms with Crippen LogP contribution in [0, 0.1) is 13.8 Å². The lowest BCUT2D eigenvalue weighted by Crippen LogP contribution is -2.30. The second-order valence-electron chi connectivity index (χ2n) is 6.17. The van der Waals surface area contributed by atoms with Crippen LogP contribution in [0.25, 0.3) is 11.0 Å². The fourth-order valence-corrected chi connectivity index (χ4v) is 2.85. The first-order chi connectivity index (χ1) is 11.5. The van der Waals surface area contributed by atoms with Crippen molar-refractivity contribution in [2.24, 2.45) is 7.05 Å². The smallest absolute Gasteiger partial charge is 0.328 e. The van der Waals surface area contributed by atoms with Gasteiger partial charge >= 0.3 is 5.69 Å². The van der Waals surface area contributed by atoms with Crippen molar-refractivity contribution in [1.29, 1.82) is 0 Å². The number of hydrogen-bond acceptors (Lipinski definition) is 3. The Hall–Kier alpha value is -2.53. The molecular formula is C19H22N2O3. The molecule has 1 unspecified atom stereocenters. The highest BCUT2D eigenvalue weighted by molar-refractivity contribution is 5.75. The van der Waals surface area contributed by atoms with Crippen molar-refractivity contribution in [3.8, 4) is 5.75 Å². The summed E-state index contributed by atoms with van der Waals surface area (Å²) in [7, 11) is 1.74. The number of fused-ring (bicyclic) bond motifs is 1. The predicted molar refractivity (Wildman–Crippen MR) is 94.6 cm³/mol. The molecule has 5 heteroatoms. The van der Waals surface area contributed by atoms with Crippen molar-refractivity contribution < 1.29 is 9.84 Å². The van der Waals surface area contributed by atoms with Gasteiger partial charge in [-0.05, 0) is 43.2 Å². The molecule has 24 heavy (non-hydrogen) atoms. The van der Waals surface area contributed by atoms with Gasteiger partial charge in [-0.2, -0.15) is 0 Å². The number of benzene rings is 2. The number of hydrogen-bond donors (Lipinski definition) is 1. The van der Waals surface area contributed by atoms with Crippen LogP contribution in [0.4, 0.5) is 0 Å². The normalized spacial score (nSPS) is 12.5. The number of ether oxygens (including phenoxy) is 1. The van der Waals surface area contributed by atoms with E-state index in [9.17, 15) is 9.90 Å². The van der Waals surface area contributed by atoms with Crippen LogP contribution in [0.2, 0.25) is 0 Å². The van der Waals surface area contributed by atoms with E-state index in [1.165, 1.54) is 0 Å². The van der Waals surface area contributed by atoms with Gasteiger partial charge in [-0.3, -0.25) is 9.13 Å². The lowest BCUT2D eigenvalue weighted by Gasteiger charge is -2.15. The molecule has 3 rings (SSSR count). The van der Waals surface area contributed by atoms with Gasteiger partial charge in [0.25, 0.3) is 0 Å². The molecule has 0 aliphatic heterocycles. The maximum absolute atomic E-state index is 12.4. The van der Waals surface area contributed by atoms with Gasteiger partial charge in [0.05, 0.1) is 17.6 Å². The third-order valence-corrected chi connectivity index (χ3v) is 4.22. The van der Waals surface area contributed by atoms with Gasteiger partial charge in [0.1, 0.15) is 18.5 Å². The number of aryl methyl sites for hydroxylation is 3. The molecule has 0 bridgehead atoms. The van der Waals surface area contributed by atoms with E-state index in [1.54, 1.807) is 16.2 Å². The highest BCUT2D eigenvalue weighted by Crippen LogP contribution is 2.19. The van der Waals surface area contributed by atoms with Gasteiger partial charge in [0.2, 0.25) is 0 Å². The zero-order valence-electron chi connectivity index (χ0n) is 14.2. The summed E-state index contributed by atoms with van der Waals surface area (Å²) >= 11 is 0. The summed E-state index contributed by atoms with van der Waals surface area (Å²) in [5.74, 6) is 0.763. The van der Waals surface area contributed by atoms with Gasteiger partial charge in [-0.25, -0.2) is 4.79 Å². The summed E-state index contributed by atoms with van der Waals surface area (Å²) in [6.45, 7) is 4.31. The average Bonchev–Trinajstić information content (AvgIpc) is 2.81. The Morgan fingerprint density at radius 1 is 1.12 bits per heavy atom. The van der Waals surface area contributed by atoms with E-state index in [0.29, 0.717) is 0 Å². The number of nitrogens with zero attached hydrogens (tertiary/aromatic N) is 2. The van der Waals surface area contributed by atoms with Crippen molar-refractivity contribution in [3.05, 3.63) is 64.1 Å². The first-order valence-electron chi connectivity index (χ1n) is 7.99. The topological polar surface area (TPSA) is 56.4 Å². The van der Waals surface area contributed by atoms with Crippen LogP contribution >= 0.6 is 0 Å². The molecule has 0 aliphatic carbocycles. The molecule has 1 atom stereocenters. The van der Waals surface area contributed by atoms with E-state index in [1.807, 2.05) is 56.3 Å². The molecule has 0 saturated carbocycles. The van der Waals surface area contributed by atoms with E-state index < -0.39 is 6.10 Å². The summed E-state index contributed by atoms with van der Waals surface area (Å²) in [5, 5.41) is 10.3. The highest BCUT2D eigenvalue weighted by Gasteiger charge is 2.14. The Morgan fingerprint density at radius 2 is 1.83 bits per heavy atom. The Kier molecular flexibility index (Phi) is 4.44. The Labute approximate surface area is 140 Å². The average molecular weight is 326 g/mol. The van der Waals surface area contributed by atoms with Gasteiger partial charge in [0.15, 0.2) is 0 Å². The fraction of sp³-hybridized carbons (Fsp3) is 0.316. The first kappa shape index (κ1) is 16.3. The number of aromatic nitrogens is 2. The zero-order valence-corrected chi connectivity index (χ0v) is 14.2. The Bertz CT molecular complexity index is 924. The molecule has 0 radical (unpaired) electrons. The Balaban J connectivity index is 1.76. The molecule has 1 N–H and O–H groups in total. The lowest BCUT2D eigenvalue weighted by molar-refractivity contribution is 0.0921. The predicted octanol–water partition coefficient (Wildman–Crippen LogP) is 2.40. The van der Waals surface area contributed by atoms with E-state index >= 15 is 0 Å². The third kappa shape index (κ3) is 3.08. The van der Waals surface area contributed by atoms with E-state index in [0.717, 1.165) is 27.9 Å². The van der Waals surface area contributed by atoms with Crippen LogP contribution in [0.3, 0.4) is 0 Å². The molecule has 0 saturated heterocycles. The van der Waals surface area contributed by atoms with E-state index in [-0.39, 0.29) is 18.8 Å². The van der Waals surface area contributed by atoms with Crippen molar-refractivity contribution >= 4 is 11.0 Å². The lowest BCUT2D eigenvalue weighted by atomic mass is 10.1. The number of para-hydroxylation sites is 2. The van der Waals surface area contributed by atoms with Gasteiger partial charge < -0.3 is 9.84 Å². The maximum Gasteiger partial charge on any atom is 0.328 e. The molecule has 0 amide bonds. The molecule has 1 heterocycles. The third-order valence-electron chi connectivity index (χ3n) is 4.22. The standard InChI is InChI=1S/C19H22N2O3/c1-13-8-9-14(2)18(10-13)24-12-15(22)11-21-17-7-5-4-6-16(17)20(3)19(21)23/h4-10,15,22H,11-12H2,1-3H3. The molecule has 2 aromatic carbocycles. The fourth-order valence-electron chi connectivity index (χ4n) is 2.85. The maximum atomic E-state index is 12.4. The molecule has 1 aromatic heterocycles. The monoisotopic (exact) mass is 326 g/mol. The minimum absolute atomic E-state index is 0.137. The van der Waals surface area contributed by atoms with Crippen LogP contribution < -0.4 is 10.4 Å². The SMILES string of the molecule is Cc1ccc(C)c(OCC(O)Cn2c(=O)n(C)c3ccccc32)c1. The van der Waals surface area contributed by atoms with Crippen molar-refractivity contribution in [2.75, 3.05) is 6.61 Å². The van der Waals surface area contributed by atoms with Crippen molar-refractivity contribution in [2.45, 2.75) is 26.5 Å². The minimum atomic E-state index is -0.770. The second-order valence-corrected chi connectivity index (χ2v) is 6.17. The first-order valence-corrected chi connectivity index (χ1v) is 7.99. The van der Waals surface area contributed by atoms with Gasteiger partial charge in [-0.15, -0.1) is 0 Å². The number of aliphatic hydroxyl groups excluding tert-OH is 1. The Morgan fingerprint density at radius 3 is 2.58 bits per heavy atom. The number of imidazole rings is 1. The molecule has 3 aromatic rings. The summed E-state index contributed by atoms with van der Waals surface area (Å²) in [6, 6.07) is 13.5. The molecule has 0 spiro atoms. The quantitative estimate of drug-likeness (QED) is 0.783. The van der Waals surface area contributed by atoms with Crippen LogP contribution in [0.5, 0.6) is 5.75 Å². The van der Waals surface area contributed by atoms with E-state index in [2.05, 4.69) is 0 Å². The van der Waals surface area contributed by atoms with Crippen molar-refractivity contribution in [3.63, 3.8) is 0 Å². The molecule has 126 valence electrons. The van der Waals surface area contributed by atoms with Crippen LogP contribution in [0.15, 0.2) is 47.3 Å². The second kappa shape index (κ2) is 6.53. The van der Waals surface area contributed by atoms with Gasteiger partial charge in [0, 0.05) is 7.05 Å². The summed E-state index contributed by atoms with van der Waals surface area (Å²) in [4.78, 5) is 12.4. The van der Waals surface area contributed by atoms with Gasteiger partial charge in [-0.1, -0.05) is 24.3 Å². The molecule has 0 aliphatic rings. The van der Waals surface area contributed by atoms with Crippen LogP contribution in [-0.2, 0) is 13.6 Å². The number of aliphatic hydroxyl groups is 1. The molecule has 0 fully saturated rings. The van der Waals surface area contributed by atoms with E-state index in [4.69, 9.17) is 4.74 Å². The zero-order chi connectivity index (χ0) is 17.3. The highest BCUT2D eigenvalue weighted by atomic mass is 16.5. The van der Waals surface area contributed by atoms with Crippen LogP contribution in [-0.4, -0.2) is 27.0 Å². The molecule has 5 nitrogen and oxygen atoms in total. The van der Waals surface area contributed by atoms with Crippen molar-refractivity contribution in [1.82, 2.24) is 9.13 Å².